The van der Waals surface area contributed by atoms with Gasteiger partial charge in [-0.15, -0.1) is 5.10 Å². The standard InChI is InChI=1S/C45H43N7O9/c1-6-45(7-2)37-29(39(55)42(57)61-45)19-33-38-25(21-51(33)41(37)56)17-24-16-23(8-9-30(24)46-38)36-26-12-13-50(15-14-49(5)44(59)60)31(26)10-11-32(36)52-40(47-48-43(52)58)28-18-27(22(3)4)34(53)20-35(28)54/h8-13,16-20,22,39,53-55H,6-7,14-15,21H2,1-5H3,(H,48,58)(H,59,60). The zero-order valence-electron chi connectivity index (χ0n) is 34.0. The fourth-order valence-corrected chi connectivity index (χ4v) is 8.96. The first-order valence-electron chi connectivity index (χ1n) is 20.1. The molecule has 3 aromatic carbocycles. The largest absolute Gasteiger partial charge is 0.508 e. The molecule has 16 heteroatoms. The van der Waals surface area contributed by atoms with Gasteiger partial charge in [0.1, 0.15) is 17.1 Å². The molecule has 1 unspecified atom stereocenters. The van der Waals surface area contributed by atoms with Crippen molar-refractivity contribution in [2.45, 2.75) is 71.2 Å². The number of aliphatic hydroxyl groups is 1. The second-order valence-electron chi connectivity index (χ2n) is 16.0. The molecule has 0 saturated heterocycles. The third kappa shape index (κ3) is 5.99. The Morgan fingerprint density at radius 1 is 0.984 bits per heavy atom. The van der Waals surface area contributed by atoms with E-state index >= 15 is 0 Å². The fourth-order valence-electron chi connectivity index (χ4n) is 8.96. The molecule has 0 aliphatic carbocycles. The van der Waals surface area contributed by atoms with Crippen LogP contribution < -0.4 is 5.56 Å². The summed E-state index contributed by atoms with van der Waals surface area (Å²) in [5.41, 5.74) is 4.88. The fraction of sp³-hybridized carbons (Fsp3) is 0.289. The first-order valence-corrected chi connectivity index (χ1v) is 20.1. The monoisotopic (exact) mass is 825 g/mol. The predicted molar refractivity (Wildman–Crippen MR) is 225 cm³/mol. The molecule has 61 heavy (non-hydrogen) atoms. The van der Waals surface area contributed by atoms with Crippen molar-refractivity contribution in [2.24, 2.45) is 0 Å². The van der Waals surface area contributed by atoms with Gasteiger partial charge in [0.15, 0.2) is 11.9 Å². The van der Waals surface area contributed by atoms with Crippen LogP contribution in [0.1, 0.15) is 74.8 Å². The molecule has 4 aromatic heterocycles. The summed E-state index contributed by atoms with van der Waals surface area (Å²) < 4.78 is 10.7. The number of likely N-dealkylation sites (N-methyl/N-ethyl adjacent to an activating group) is 1. The van der Waals surface area contributed by atoms with Crippen LogP contribution in [-0.2, 0) is 28.2 Å². The number of amides is 1. The first-order chi connectivity index (χ1) is 29.2. The van der Waals surface area contributed by atoms with Gasteiger partial charge in [0.25, 0.3) is 5.56 Å². The molecule has 0 saturated carbocycles. The van der Waals surface area contributed by atoms with Crippen molar-refractivity contribution in [2.75, 3.05) is 13.6 Å². The number of phenolic OH excluding ortho intramolecular Hbond substituents is 2. The summed E-state index contributed by atoms with van der Waals surface area (Å²) in [6.07, 6.45) is -0.0522. The highest BCUT2D eigenvalue weighted by atomic mass is 16.6. The normalized spacial score (nSPS) is 15.3. The minimum atomic E-state index is -1.60. The number of fused-ring (bicyclic) bond motifs is 6. The molecule has 312 valence electrons. The predicted octanol–water partition coefficient (Wildman–Crippen LogP) is 6.75. The number of aliphatic hydroxyl groups excluding tert-OH is 1. The highest BCUT2D eigenvalue weighted by molar-refractivity contribution is 6.02. The smallest absolute Gasteiger partial charge is 0.407 e. The number of nitrogens with zero attached hydrogens (tertiary/aromatic N) is 7. The third-order valence-electron chi connectivity index (χ3n) is 12.3. The second-order valence-corrected chi connectivity index (χ2v) is 16.0. The third-order valence-corrected chi connectivity index (χ3v) is 12.3. The lowest BCUT2D eigenvalue weighted by atomic mass is 9.82. The van der Waals surface area contributed by atoms with E-state index in [-0.39, 0.29) is 58.6 Å². The van der Waals surface area contributed by atoms with Gasteiger partial charge in [0, 0.05) is 65.4 Å². The van der Waals surface area contributed by atoms with Crippen molar-refractivity contribution < 1.29 is 39.9 Å². The maximum Gasteiger partial charge on any atom is 0.407 e. The van der Waals surface area contributed by atoms with E-state index in [9.17, 15) is 39.9 Å². The van der Waals surface area contributed by atoms with Gasteiger partial charge in [0.05, 0.1) is 40.3 Å². The van der Waals surface area contributed by atoms with Crippen LogP contribution in [-0.4, -0.2) is 85.0 Å². The van der Waals surface area contributed by atoms with Crippen LogP contribution in [0, 0.1) is 0 Å². The van der Waals surface area contributed by atoms with Gasteiger partial charge in [-0.3, -0.25) is 4.79 Å². The van der Waals surface area contributed by atoms with Crippen molar-refractivity contribution in [3.05, 3.63) is 99.5 Å². The Hall–Kier alpha value is -7.20. The topological polar surface area (TPSA) is 218 Å². The maximum atomic E-state index is 14.3. The molecule has 0 spiro atoms. The van der Waals surface area contributed by atoms with Gasteiger partial charge in [0.2, 0.25) is 0 Å². The number of ether oxygens (including phenoxy) is 1. The molecule has 2 aliphatic rings. The van der Waals surface area contributed by atoms with Gasteiger partial charge in [-0.1, -0.05) is 38.9 Å². The number of aromatic nitrogens is 6. The molecule has 7 aromatic rings. The number of esters is 1. The number of hydrogen-bond acceptors (Lipinski definition) is 11. The van der Waals surface area contributed by atoms with Crippen molar-refractivity contribution in [3.8, 4) is 57.1 Å². The van der Waals surface area contributed by atoms with E-state index in [1.165, 1.54) is 22.6 Å². The van der Waals surface area contributed by atoms with Gasteiger partial charge in [-0.2, -0.15) is 0 Å². The molecule has 5 N–H and O–H groups in total. The molecular weight excluding hydrogens is 783 g/mol. The van der Waals surface area contributed by atoms with E-state index < -0.39 is 29.8 Å². The molecule has 6 heterocycles. The van der Waals surface area contributed by atoms with Crippen molar-refractivity contribution in [3.63, 3.8) is 0 Å². The van der Waals surface area contributed by atoms with Crippen LogP contribution in [0.4, 0.5) is 4.79 Å². The summed E-state index contributed by atoms with van der Waals surface area (Å²) >= 11 is 0. The van der Waals surface area contributed by atoms with E-state index in [2.05, 4.69) is 10.2 Å². The van der Waals surface area contributed by atoms with Crippen LogP contribution in [0.2, 0.25) is 0 Å². The van der Waals surface area contributed by atoms with Crippen molar-refractivity contribution >= 4 is 33.9 Å². The SMILES string of the molecule is CCC1(CC)OC(=O)C(O)c2cc3n(c(=O)c21)Cc1cc2cc(-c4c(-n5c(O)nnc5-c5cc(C(C)C)c(O)cc5O)ccc5c4ccn5CCN(C)C(=O)O)ccc2nc1-3. The number of cyclic esters (lactones) is 1. The van der Waals surface area contributed by atoms with Crippen LogP contribution in [0.25, 0.3) is 61.4 Å². The van der Waals surface area contributed by atoms with E-state index in [1.807, 2.05) is 74.9 Å². The lowest BCUT2D eigenvalue weighted by Gasteiger charge is -2.38. The van der Waals surface area contributed by atoms with Gasteiger partial charge in [-0.25, -0.2) is 19.1 Å². The Morgan fingerprint density at radius 2 is 1.75 bits per heavy atom. The van der Waals surface area contributed by atoms with E-state index in [1.54, 1.807) is 22.8 Å². The van der Waals surface area contributed by atoms with Crippen molar-refractivity contribution in [1.82, 2.24) is 33.8 Å². The number of phenols is 2. The Morgan fingerprint density at radius 3 is 2.48 bits per heavy atom. The average molecular weight is 826 g/mol. The molecule has 0 fully saturated rings. The molecule has 1 atom stereocenters. The highest BCUT2D eigenvalue weighted by Crippen LogP contribution is 2.46. The number of aromatic hydroxyl groups is 3. The summed E-state index contributed by atoms with van der Waals surface area (Å²) in [5.74, 6) is -1.11. The summed E-state index contributed by atoms with van der Waals surface area (Å²) in [7, 11) is 1.50. The molecule has 1 amide bonds. The number of carboxylic acid groups (broad SMARTS) is 1. The molecule has 9 rings (SSSR count). The highest BCUT2D eigenvalue weighted by Gasteiger charge is 2.47. The maximum absolute atomic E-state index is 14.3. The average Bonchev–Trinajstić information content (AvgIpc) is 3.94. The van der Waals surface area contributed by atoms with Gasteiger partial charge >= 0.3 is 18.1 Å². The van der Waals surface area contributed by atoms with Crippen molar-refractivity contribution in [1.29, 1.82) is 0 Å². The van der Waals surface area contributed by atoms with Gasteiger partial charge in [-0.05, 0) is 78.4 Å². The van der Waals surface area contributed by atoms with Crippen LogP contribution in [0.15, 0.2) is 71.7 Å². The minimum Gasteiger partial charge on any atom is -0.508 e. The van der Waals surface area contributed by atoms with Crippen LogP contribution in [0.5, 0.6) is 17.5 Å². The Balaban J connectivity index is 1.22. The molecule has 0 radical (unpaired) electrons. The van der Waals surface area contributed by atoms with E-state index in [0.29, 0.717) is 58.7 Å². The molecular formula is C45H43N7O9. The number of hydrogen-bond donors (Lipinski definition) is 5. The summed E-state index contributed by atoms with van der Waals surface area (Å²) in [4.78, 5) is 44.9. The minimum absolute atomic E-state index is 0.0795. The van der Waals surface area contributed by atoms with E-state index in [4.69, 9.17) is 9.72 Å². The Bertz CT molecular complexity index is 3050. The zero-order valence-corrected chi connectivity index (χ0v) is 34.0. The number of carbonyl (C=O) groups is 2. The van der Waals surface area contributed by atoms with Gasteiger partial charge < -0.3 is 44.3 Å². The Kier molecular flexibility index (Phi) is 9.16. The molecule has 0 bridgehead atoms. The molecule has 2 aliphatic heterocycles. The number of rotatable bonds is 9. The number of carbonyl (C=O) groups excluding carboxylic acids is 1. The summed E-state index contributed by atoms with van der Waals surface area (Å²) in [5, 5.41) is 63.4. The summed E-state index contributed by atoms with van der Waals surface area (Å²) in [6.45, 7) is 8.30. The zero-order chi connectivity index (χ0) is 43.2. The lowest BCUT2D eigenvalue weighted by molar-refractivity contribution is -0.177. The molecule has 16 nitrogen and oxygen atoms in total. The summed E-state index contributed by atoms with van der Waals surface area (Å²) in [6, 6.07) is 17.3. The van der Waals surface area contributed by atoms with E-state index in [0.717, 1.165) is 21.9 Å². The lowest BCUT2D eigenvalue weighted by Crippen LogP contribution is -2.45. The second kappa shape index (κ2) is 14.2. The van der Waals surface area contributed by atoms with Crippen LogP contribution >= 0.6 is 0 Å². The first kappa shape index (κ1) is 39.3. The van der Waals surface area contributed by atoms with Crippen LogP contribution in [0.3, 0.4) is 0 Å². The quantitative estimate of drug-likeness (QED) is 0.0955. The Labute approximate surface area is 348 Å². The number of benzene rings is 3. The number of pyridine rings is 2.